The van der Waals surface area contributed by atoms with Gasteiger partial charge in [0.25, 0.3) is 0 Å². The fourth-order valence-corrected chi connectivity index (χ4v) is 2.93. The van der Waals surface area contributed by atoms with E-state index in [1.165, 1.54) is 32.3 Å². The van der Waals surface area contributed by atoms with Crippen molar-refractivity contribution in [1.29, 1.82) is 0 Å². The summed E-state index contributed by atoms with van der Waals surface area (Å²) < 4.78 is 25.5. The lowest BCUT2D eigenvalue weighted by Crippen LogP contribution is -2.22. The van der Waals surface area contributed by atoms with Crippen LogP contribution < -0.4 is 5.69 Å². The number of hydrogen-bond acceptors (Lipinski definition) is 4. The molecule has 1 aromatic carbocycles. The van der Waals surface area contributed by atoms with E-state index >= 15 is 0 Å². The minimum absolute atomic E-state index is 0.0297. The van der Waals surface area contributed by atoms with E-state index in [1.54, 1.807) is 0 Å². The molecule has 2 rings (SSSR count). The second-order valence-electron chi connectivity index (χ2n) is 4.23. The fraction of sp³-hybridized carbons (Fsp3) is 0.182. The molecule has 1 heterocycles. The van der Waals surface area contributed by atoms with Gasteiger partial charge in [-0.25, -0.2) is 17.5 Å². The van der Waals surface area contributed by atoms with Crippen LogP contribution in [0.5, 0.6) is 5.88 Å². The van der Waals surface area contributed by atoms with Gasteiger partial charge >= 0.3 is 5.69 Å². The highest BCUT2D eigenvalue weighted by molar-refractivity contribution is 7.89. The third-order valence-corrected chi connectivity index (χ3v) is 4.79. The molecule has 0 aliphatic rings. The molecule has 0 aliphatic heterocycles. The number of rotatable bonds is 3. The molecule has 0 bridgehead atoms. The van der Waals surface area contributed by atoms with Crippen molar-refractivity contribution in [3.63, 3.8) is 0 Å². The average molecular weight is 318 g/mol. The standard InChI is InChI=1S/C11H12ClN3O4S/c1-15(2)20(18,19)8-4-3-6(12)5-7(8)9-10(16)14-11(17)13-9/h3-5,16H,1-2H3,(H2,13,14,17). The first-order valence-corrected chi connectivity index (χ1v) is 7.29. The fourth-order valence-electron chi connectivity index (χ4n) is 1.69. The molecule has 0 atom stereocenters. The molecule has 0 fully saturated rings. The Morgan fingerprint density at radius 2 is 1.90 bits per heavy atom. The van der Waals surface area contributed by atoms with Gasteiger partial charge in [-0.15, -0.1) is 0 Å². The van der Waals surface area contributed by atoms with E-state index < -0.39 is 21.6 Å². The number of benzene rings is 1. The lowest BCUT2D eigenvalue weighted by Gasteiger charge is -2.14. The molecule has 9 heteroatoms. The van der Waals surface area contributed by atoms with Crippen molar-refractivity contribution in [2.24, 2.45) is 0 Å². The number of aromatic amines is 2. The van der Waals surface area contributed by atoms with Crippen LogP contribution in [0.25, 0.3) is 11.3 Å². The third-order valence-electron chi connectivity index (χ3n) is 2.68. The molecule has 0 amide bonds. The molecule has 1 aromatic heterocycles. The predicted octanol–water partition coefficient (Wildman–Crippen LogP) is 0.979. The quantitative estimate of drug-likeness (QED) is 0.784. The van der Waals surface area contributed by atoms with Crippen LogP contribution >= 0.6 is 11.6 Å². The summed E-state index contributed by atoms with van der Waals surface area (Å²) in [6.07, 6.45) is 0. The zero-order valence-corrected chi connectivity index (χ0v) is 12.2. The second kappa shape index (κ2) is 4.97. The van der Waals surface area contributed by atoms with Gasteiger partial charge in [-0.2, -0.15) is 0 Å². The van der Waals surface area contributed by atoms with Gasteiger partial charge in [-0.3, -0.25) is 4.98 Å². The number of halogens is 1. The molecule has 0 saturated heterocycles. The smallest absolute Gasteiger partial charge is 0.326 e. The number of imidazole rings is 1. The number of aromatic hydroxyl groups is 1. The van der Waals surface area contributed by atoms with E-state index in [0.717, 1.165) is 4.31 Å². The minimum atomic E-state index is -3.75. The third kappa shape index (κ3) is 2.45. The van der Waals surface area contributed by atoms with Crippen LogP contribution in [-0.4, -0.2) is 41.9 Å². The van der Waals surface area contributed by atoms with Gasteiger partial charge in [0.1, 0.15) is 5.69 Å². The van der Waals surface area contributed by atoms with E-state index in [0.29, 0.717) is 0 Å². The van der Waals surface area contributed by atoms with Crippen LogP contribution in [-0.2, 0) is 10.0 Å². The van der Waals surface area contributed by atoms with E-state index in [2.05, 4.69) is 9.97 Å². The maximum Gasteiger partial charge on any atom is 0.326 e. The van der Waals surface area contributed by atoms with E-state index in [4.69, 9.17) is 11.6 Å². The summed E-state index contributed by atoms with van der Waals surface area (Å²) in [4.78, 5) is 15.6. The van der Waals surface area contributed by atoms with Gasteiger partial charge in [0.15, 0.2) is 0 Å². The molecule has 0 aliphatic carbocycles. The Balaban J connectivity index is 2.80. The van der Waals surface area contributed by atoms with E-state index in [1.807, 2.05) is 0 Å². The lowest BCUT2D eigenvalue weighted by molar-refractivity contribution is 0.457. The van der Waals surface area contributed by atoms with Crippen molar-refractivity contribution in [2.45, 2.75) is 4.90 Å². The zero-order valence-electron chi connectivity index (χ0n) is 10.6. The average Bonchev–Trinajstić information content (AvgIpc) is 2.67. The van der Waals surface area contributed by atoms with Crippen LogP contribution in [0.15, 0.2) is 27.9 Å². The van der Waals surface area contributed by atoms with Gasteiger partial charge in [0.05, 0.1) is 4.90 Å². The van der Waals surface area contributed by atoms with Crippen molar-refractivity contribution in [2.75, 3.05) is 14.1 Å². The normalized spacial score (nSPS) is 12.0. The maximum atomic E-state index is 12.3. The Morgan fingerprint density at radius 1 is 1.25 bits per heavy atom. The van der Waals surface area contributed by atoms with Crippen molar-refractivity contribution in [1.82, 2.24) is 14.3 Å². The molecule has 0 spiro atoms. The summed E-state index contributed by atoms with van der Waals surface area (Å²) in [7, 11) is -0.988. The number of sulfonamides is 1. The highest BCUT2D eigenvalue weighted by Gasteiger charge is 2.24. The molecule has 0 radical (unpaired) electrons. The molecule has 20 heavy (non-hydrogen) atoms. The topological polar surface area (TPSA) is 106 Å². The SMILES string of the molecule is CN(C)S(=O)(=O)c1ccc(Cl)cc1-c1[nH]c(=O)[nH]c1O. The Morgan fingerprint density at radius 3 is 2.40 bits per heavy atom. The van der Waals surface area contributed by atoms with Crippen LogP contribution in [0.3, 0.4) is 0 Å². The summed E-state index contributed by atoms with van der Waals surface area (Å²) in [5, 5.41) is 9.94. The molecule has 2 aromatic rings. The lowest BCUT2D eigenvalue weighted by atomic mass is 10.1. The van der Waals surface area contributed by atoms with Crippen molar-refractivity contribution in [3.05, 3.63) is 33.7 Å². The van der Waals surface area contributed by atoms with E-state index in [-0.39, 0.29) is 21.2 Å². The molecular weight excluding hydrogens is 306 g/mol. The molecule has 0 saturated carbocycles. The maximum absolute atomic E-state index is 12.3. The van der Waals surface area contributed by atoms with Gasteiger partial charge in [-0.1, -0.05) is 11.6 Å². The second-order valence-corrected chi connectivity index (χ2v) is 6.79. The van der Waals surface area contributed by atoms with Crippen LogP contribution in [0.4, 0.5) is 0 Å². The minimum Gasteiger partial charge on any atom is -0.493 e. The monoisotopic (exact) mass is 317 g/mol. The molecular formula is C11H12ClN3O4S. The highest BCUT2D eigenvalue weighted by Crippen LogP contribution is 2.33. The molecule has 0 unspecified atom stereocenters. The van der Waals surface area contributed by atoms with Gasteiger partial charge in [0, 0.05) is 24.7 Å². The summed E-state index contributed by atoms with van der Waals surface area (Å²) >= 11 is 5.86. The highest BCUT2D eigenvalue weighted by atomic mass is 35.5. The summed E-state index contributed by atoms with van der Waals surface area (Å²) in [6.45, 7) is 0. The number of H-pyrrole nitrogens is 2. The van der Waals surface area contributed by atoms with E-state index in [9.17, 15) is 18.3 Å². The zero-order chi connectivity index (χ0) is 15.1. The van der Waals surface area contributed by atoms with Crippen LogP contribution in [0.1, 0.15) is 0 Å². The Labute approximate surface area is 119 Å². The molecule has 108 valence electrons. The predicted molar refractivity (Wildman–Crippen MR) is 74.4 cm³/mol. The van der Waals surface area contributed by atoms with Gasteiger partial charge in [-0.05, 0) is 18.2 Å². The summed E-state index contributed by atoms with van der Waals surface area (Å²) in [6, 6.07) is 4.10. The first-order chi connectivity index (χ1) is 9.23. The number of nitrogens with one attached hydrogen (secondary N) is 2. The summed E-state index contributed by atoms with van der Waals surface area (Å²) in [5.74, 6) is -0.451. The van der Waals surface area contributed by atoms with Crippen LogP contribution in [0, 0.1) is 0 Å². The number of nitrogens with zero attached hydrogens (tertiary/aromatic N) is 1. The Hall–Kier alpha value is -1.77. The van der Waals surface area contributed by atoms with Gasteiger partial charge in [0.2, 0.25) is 15.9 Å². The summed E-state index contributed by atoms with van der Waals surface area (Å²) in [5.41, 5.74) is -0.564. The van der Waals surface area contributed by atoms with Gasteiger partial charge < -0.3 is 10.1 Å². The largest absolute Gasteiger partial charge is 0.493 e. The number of aromatic nitrogens is 2. The van der Waals surface area contributed by atoms with Crippen LogP contribution in [0.2, 0.25) is 5.02 Å². The molecule has 7 nitrogen and oxygen atoms in total. The van der Waals surface area contributed by atoms with Crippen molar-refractivity contribution < 1.29 is 13.5 Å². The Kier molecular flexibility index (Phi) is 3.63. The number of hydrogen-bond donors (Lipinski definition) is 3. The Bertz CT molecular complexity index is 807. The first-order valence-electron chi connectivity index (χ1n) is 5.47. The van der Waals surface area contributed by atoms with Crippen molar-refractivity contribution in [3.8, 4) is 17.1 Å². The molecule has 3 N–H and O–H groups in total. The first kappa shape index (κ1) is 14.6. The van der Waals surface area contributed by atoms with Crippen molar-refractivity contribution >= 4 is 21.6 Å².